The molecule has 0 fully saturated rings. The third kappa shape index (κ3) is 3.02. The Bertz CT molecular complexity index is 289. The van der Waals surface area contributed by atoms with E-state index in [4.69, 9.17) is 11.6 Å². The van der Waals surface area contributed by atoms with Crippen molar-refractivity contribution >= 4 is 23.2 Å². The molecule has 0 aliphatic heterocycles. The number of alkyl halides is 2. The number of nitrogens with one attached hydrogen (secondary N) is 1. The van der Waals surface area contributed by atoms with E-state index in [9.17, 15) is 9.18 Å². The van der Waals surface area contributed by atoms with Crippen molar-refractivity contribution in [2.75, 3.05) is 17.9 Å². The molecule has 0 aliphatic carbocycles. The van der Waals surface area contributed by atoms with E-state index < -0.39 is 6.67 Å². The molecular weight excluding hydrogens is 197 g/mol. The molecular formula is C7H9ClFN3O. The summed E-state index contributed by atoms with van der Waals surface area (Å²) >= 11 is 5.27. The van der Waals surface area contributed by atoms with Crippen molar-refractivity contribution in [3.8, 4) is 0 Å². The van der Waals surface area contributed by atoms with E-state index in [2.05, 4.69) is 10.4 Å². The van der Waals surface area contributed by atoms with Crippen LogP contribution in [0.1, 0.15) is 0 Å². The van der Waals surface area contributed by atoms with Crippen LogP contribution in [0.25, 0.3) is 0 Å². The molecule has 0 saturated carbocycles. The van der Waals surface area contributed by atoms with Crippen molar-refractivity contribution in [1.29, 1.82) is 0 Å². The van der Waals surface area contributed by atoms with Crippen molar-refractivity contribution < 1.29 is 9.18 Å². The number of anilines is 1. The van der Waals surface area contributed by atoms with E-state index in [0.717, 1.165) is 0 Å². The quantitative estimate of drug-likeness (QED) is 0.747. The molecule has 1 aromatic heterocycles. The van der Waals surface area contributed by atoms with Gasteiger partial charge in [-0.05, 0) is 0 Å². The Labute approximate surface area is 79.7 Å². The highest BCUT2D eigenvalue weighted by Crippen LogP contribution is 2.04. The van der Waals surface area contributed by atoms with Gasteiger partial charge in [-0.1, -0.05) is 0 Å². The summed E-state index contributed by atoms with van der Waals surface area (Å²) in [5.41, 5.74) is 0.527. The Balaban J connectivity index is 2.53. The van der Waals surface area contributed by atoms with E-state index >= 15 is 0 Å². The summed E-state index contributed by atoms with van der Waals surface area (Å²) in [5, 5.41) is 6.31. The van der Waals surface area contributed by atoms with E-state index in [0.29, 0.717) is 5.69 Å². The molecule has 0 saturated heterocycles. The summed E-state index contributed by atoms with van der Waals surface area (Å²) in [6.07, 6.45) is 2.99. The number of carbonyl (C=O) groups is 1. The maximum Gasteiger partial charge on any atom is 0.239 e. The molecule has 1 aromatic rings. The second-order valence-electron chi connectivity index (χ2n) is 2.36. The summed E-state index contributed by atoms with van der Waals surface area (Å²) in [6, 6.07) is 0. The number of aryl methyl sites for hydroxylation is 1. The van der Waals surface area contributed by atoms with Gasteiger partial charge in [0.25, 0.3) is 0 Å². The van der Waals surface area contributed by atoms with Gasteiger partial charge in [0.1, 0.15) is 12.6 Å². The molecule has 0 atom stereocenters. The van der Waals surface area contributed by atoms with Gasteiger partial charge in [-0.3, -0.25) is 9.48 Å². The number of nitrogens with zero attached hydrogens (tertiary/aromatic N) is 2. The second kappa shape index (κ2) is 4.81. The van der Waals surface area contributed by atoms with Gasteiger partial charge in [0.05, 0.1) is 18.4 Å². The van der Waals surface area contributed by atoms with E-state index in [1.807, 2.05) is 0 Å². The molecule has 0 bridgehead atoms. The molecule has 1 rings (SSSR count). The lowest BCUT2D eigenvalue weighted by Gasteiger charge is -1.96. The Hall–Kier alpha value is -1.10. The van der Waals surface area contributed by atoms with E-state index in [-0.39, 0.29) is 18.3 Å². The van der Waals surface area contributed by atoms with Crippen LogP contribution < -0.4 is 5.32 Å². The topological polar surface area (TPSA) is 46.9 Å². The highest BCUT2D eigenvalue weighted by Gasteiger charge is 2.02. The van der Waals surface area contributed by atoms with Crippen molar-refractivity contribution in [1.82, 2.24) is 9.78 Å². The Morgan fingerprint density at radius 2 is 2.54 bits per heavy atom. The number of hydrogen-bond donors (Lipinski definition) is 1. The summed E-state index contributed by atoms with van der Waals surface area (Å²) in [5.74, 6) is -0.407. The Morgan fingerprint density at radius 1 is 1.77 bits per heavy atom. The molecule has 1 N–H and O–H groups in total. The summed E-state index contributed by atoms with van der Waals surface area (Å²) < 4.78 is 13.3. The molecule has 0 aliphatic rings. The molecule has 0 aromatic carbocycles. The number of aromatic nitrogens is 2. The van der Waals surface area contributed by atoms with Crippen molar-refractivity contribution in [3.63, 3.8) is 0 Å². The van der Waals surface area contributed by atoms with Crippen LogP contribution in [-0.2, 0) is 11.3 Å². The first-order valence-corrected chi connectivity index (χ1v) is 4.24. The predicted octanol–water partition coefficient (Wildman–Crippen LogP) is 1.03. The van der Waals surface area contributed by atoms with Gasteiger partial charge < -0.3 is 5.32 Å². The first-order chi connectivity index (χ1) is 6.26. The molecule has 6 heteroatoms. The minimum absolute atomic E-state index is 0.103. The van der Waals surface area contributed by atoms with Gasteiger partial charge in [-0.2, -0.15) is 5.10 Å². The van der Waals surface area contributed by atoms with Crippen LogP contribution in [0, 0.1) is 0 Å². The number of halogens is 2. The van der Waals surface area contributed by atoms with E-state index in [1.54, 1.807) is 6.20 Å². The van der Waals surface area contributed by atoms with Crippen LogP contribution in [0.5, 0.6) is 0 Å². The normalized spacial score (nSPS) is 10.0. The number of hydrogen-bond acceptors (Lipinski definition) is 2. The molecule has 0 unspecified atom stereocenters. The van der Waals surface area contributed by atoms with Gasteiger partial charge in [0, 0.05) is 6.20 Å². The summed E-state index contributed by atoms with van der Waals surface area (Å²) in [4.78, 5) is 10.8. The smallest absolute Gasteiger partial charge is 0.239 e. The fourth-order valence-electron chi connectivity index (χ4n) is 0.831. The highest BCUT2D eigenvalue weighted by molar-refractivity contribution is 6.29. The third-order valence-corrected chi connectivity index (χ3v) is 1.59. The molecule has 4 nitrogen and oxygen atoms in total. The van der Waals surface area contributed by atoms with Crippen LogP contribution in [0.3, 0.4) is 0 Å². The minimum atomic E-state index is -0.482. The third-order valence-electron chi connectivity index (χ3n) is 1.35. The van der Waals surface area contributed by atoms with Gasteiger partial charge >= 0.3 is 0 Å². The Kier molecular flexibility index (Phi) is 3.70. The van der Waals surface area contributed by atoms with Crippen LogP contribution in [0.4, 0.5) is 10.1 Å². The van der Waals surface area contributed by atoms with Crippen molar-refractivity contribution in [3.05, 3.63) is 12.4 Å². The zero-order valence-electron chi connectivity index (χ0n) is 6.83. The Morgan fingerprint density at radius 3 is 3.15 bits per heavy atom. The van der Waals surface area contributed by atoms with Crippen LogP contribution in [0.15, 0.2) is 12.4 Å². The predicted molar refractivity (Wildman–Crippen MR) is 47.6 cm³/mol. The lowest BCUT2D eigenvalue weighted by atomic mass is 10.5. The van der Waals surface area contributed by atoms with Crippen molar-refractivity contribution in [2.45, 2.75) is 6.54 Å². The second-order valence-corrected chi connectivity index (χ2v) is 2.63. The van der Waals surface area contributed by atoms with Crippen molar-refractivity contribution in [2.24, 2.45) is 0 Å². The van der Waals surface area contributed by atoms with E-state index in [1.165, 1.54) is 10.9 Å². The van der Waals surface area contributed by atoms with Gasteiger partial charge in [0.2, 0.25) is 5.91 Å². The minimum Gasteiger partial charge on any atom is -0.322 e. The van der Waals surface area contributed by atoms with Crippen LogP contribution in [-0.4, -0.2) is 28.2 Å². The molecule has 13 heavy (non-hydrogen) atoms. The maximum atomic E-state index is 11.8. The molecule has 1 heterocycles. The zero-order valence-corrected chi connectivity index (χ0v) is 7.59. The fraction of sp³-hybridized carbons (Fsp3) is 0.429. The van der Waals surface area contributed by atoms with Gasteiger partial charge in [-0.25, -0.2) is 4.39 Å². The number of rotatable bonds is 4. The summed E-state index contributed by atoms with van der Waals surface area (Å²) in [7, 11) is 0. The average molecular weight is 206 g/mol. The fourth-order valence-corrected chi connectivity index (χ4v) is 0.898. The zero-order chi connectivity index (χ0) is 9.68. The lowest BCUT2D eigenvalue weighted by molar-refractivity contribution is -0.113. The van der Waals surface area contributed by atoms with Gasteiger partial charge in [0.15, 0.2) is 0 Å². The largest absolute Gasteiger partial charge is 0.322 e. The molecule has 72 valence electrons. The SMILES string of the molecule is O=C(CCl)Nc1cnn(CCF)c1. The summed E-state index contributed by atoms with van der Waals surface area (Å²) in [6.45, 7) is -0.290. The van der Waals surface area contributed by atoms with Crippen LogP contribution >= 0.6 is 11.6 Å². The first-order valence-electron chi connectivity index (χ1n) is 3.70. The molecule has 0 spiro atoms. The number of carbonyl (C=O) groups excluding carboxylic acids is 1. The lowest BCUT2D eigenvalue weighted by Crippen LogP contribution is -2.11. The van der Waals surface area contributed by atoms with Crippen LogP contribution in [0.2, 0.25) is 0 Å². The first kappa shape index (κ1) is 9.98. The average Bonchev–Trinajstić information content (AvgIpc) is 2.53. The molecule has 0 radical (unpaired) electrons. The molecule has 1 amide bonds. The standard InChI is InChI=1S/C7H9ClFN3O/c8-3-7(13)11-6-4-10-12(5-6)2-1-9/h4-5H,1-3H2,(H,11,13). The highest BCUT2D eigenvalue weighted by atomic mass is 35.5. The maximum absolute atomic E-state index is 11.8. The number of amides is 1. The monoisotopic (exact) mass is 205 g/mol. The van der Waals surface area contributed by atoms with Gasteiger partial charge in [-0.15, -0.1) is 11.6 Å².